The second kappa shape index (κ2) is 7.90. The molecule has 0 radical (unpaired) electrons. The molecule has 0 bridgehead atoms. The zero-order chi connectivity index (χ0) is 20.4. The highest BCUT2D eigenvalue weighted by Gasteiger charge is 2.29. The van der Waals surface area contributed by atoms with Crippen LogP contribution in [-0.4, -0.2) is 38.8 Å². The minimum absolute atomic E-state index is 0.104. The summed E-state index contributed by atoms with van der Waals surface area (Å²) < 4.78 is 21.8. The first-order valence-corrected chi connectivity index (χ1v) is 9.40. The minimum atomic E-state index is -0.361. The fourth-order valence-corrected chi connectivity index (χ4v) is 3.42. The number of carbonyl (C=O) groups is 1. The first-order valence-electron chi connectivity index (χ1n) is 9.40. The van der Waals surface area contributed by atoms with Crippen LogP contribution in [0.25, 0.3) is 0 Å². The van der Waals surface area contributed by atoms with E-state index in [0.717, 1.165) is 11.3 Å². The lowest BCUT2D eigenvalue weighted by Crippen LogP contribution is -2.42. The Labute approximate surface area is 166 Å². The zero-order valence-electron chi connectivity index (χ0n) is 16.0. The number of nitrogens with zero attached hydrogens (tertiary/aromatic N) is 4. The Balaban J connectivity index is 1.49. The molecule has 29 heavy (non-hydrogen) atoms. The minimum Gasteiger partial charge on any atom is -0.497 e. The Morgan fingerprint density at radius 3 is 2.55 bits per heavy atom. The molecule has 3 aromatic rings. The lowest BCUT2D eigenvalue weighted by atomic mass is 10.1. The van der Waals surface area contributed by atoms with Crippen molar-refractivity contribution in [2.45, 2.75) is 26.1 Å². The van der Waals surface area contributed by atoms with Gasteiger partial charge in [-0.05, 0) is 30.2 Å². The third-order valence-corrected chi connectivity index (χ3v) is 5.09. The maximum absolute atomic E-state index is 13.9. The number of benzene rings is 2. The van der Waals surface area contributed by atoms with Crippen LogP contribution < -0.4 is 10.4 Å². The van der Waals surface area contributed by atoms with E-state index in [0.29, 0.717) is 31.6 Å². The maximum atomic E-state index is 13.9. The molecule has 0 aliphatic carbocycles. The first kappa shape index (κ1) is 18.9. The van der Waals surface area contributed by atoms with E-state index in [9.17, 15) is 14.0 Å². The number of fused-ring (bicyclic) bond motifs is 1. The number of rotatable bonds is 6. The molecule has 7 nitrogen and oxygen atoms in total. The standard InChI is InChI=1S/C21H21FN4O3/c1-29-17-8-6-15(7-9-17)10-11-26-21(28)25-13-12-24(20(27)19(25)23-26)14-16-4-2-3-5-18(16)22/h2-9H,10-14H2,1H3. The molecule has 4 rings (SSSR count). The van der Waals surface area contributed by atoms with E-state index >= 15 is 0 Å². The number of hydrogen-bond donors (Lipinski definition) is 0. The summed E-state index contributed by atoms with van der Waals surface area (Å²) in [5.74, 6) is 0.157. The van der Waals surface area contributed by atoms with Crippen molar-refractivity contribution in [2.75, 3.05) is 13.7 Å². The van der Waals surface area contributed by atoms with Crippen molar-refractivity contribution in [3.8, 4) is 5.75 Å². The van der Waals surface area contributed by atoms with Crippen LogP contribution in [0.5, 0.6) is 5.75 Å². The topological polar surface area (TPSA) is 69.4 Å². The van der Waals surface area contributed by atoms with E-state index in [1.165, 1.54) is 20.2 Å². The summed E-state index contributed by atoms with van der Waals surface area (Å²) in [6.45, 7) is 1.20. The first-order chi connectivity index (χ1) is 14.1. The number of ether oxygens (including phenoxy) is 1. The van der Waals surface area contributed by atoms with Gasteiger partial charge >= 0.3 is 5.69 Å². The Hall–Kier alpha value is -3.42. The van der Waals surface area contributed by atoms with Gasteiger partial charge < -0.3 is 9.64 Å². The number of hydrogen-bond acceptors (Lipinski definition) is 4. The number of amides is 1. The van der Waals surface area contributed by atoms with Crippen molar-refractivity contribution in [3.63, 3.8) is 0 Å². The van der Waals surface area contributed by atoms with E-state index in [4.69, 9.17) is 4.74 Å². The Morgan fingerprint density at radius 1 is 1.07 bits per heavy atom. The molecule has 2 heterocycles. The van der Waals surface area contributed by atoms with Crippen molar-refractivity contribution in [1.82, 2.24) is 19.2 Å². The van der Waals surface area contributed by atoms with Gasteiger partial charge in [0.25, 0.3) is 5.91 Å². The predicted molar refractivity (Wildman–Crippen MR) is 104 cm³/mol. The van der Waals surface area contributed by atoms with Gasteiger partial charge in [0.15, 0.2) is 0 Å². The molecule has 0 N–H and O–H groups in total. The second-order valence-electron chi connectivity index (χ2n) is 6.90. The second-order valence-corrected chi connectivity index (χ2v) is 6.90. The normalized spacial score (nSPS) is 13.4. The molecule has 8 heteroatoms. The van der Waals surface area contributed by atoms with Crippen LogP contribution in [0.3, 0.4) is 0 Å². The van der Waals surface area contributed by atoms with Crippen molar-refractivity contribution >= 4 is 5.91 Å². The van der Waals surface area contributed by atoms with Gasteiger partial charge in [-0.1, -0.05) is 30.3 Å². The molecule has 0 saturated heterocycles. The summed E-state index contributed by atoms with van der Waals surface area (Å²) in [5.41, 5.74) is 1.18. The maximum Gasteiger partial charge on any atom is 0.346 e. The van der Waals surface area contributed by atoms with Gasteiger partial charge in [-0.2, -0.15) is 0 Å². The molecule has 0 fully saturated rings. The van der Waals surface area contributed by atoms with Crippen LogP contribution in [0.15, 0.2) is 53.3 Å². The van der Waals surface area contributed by atoms with E-state index in [1.807, 2.05) is 24.3 Å². The van der Waals surface area contributed by atoms with Crippen molar-refractivity contribution in [2.24, 2.45) is 0 Å². The number of aromatic nitrogens is 3. The van der Waals surface area contributed by atoms with Crippen LogP contribution in [0, 0.1) is 5.82 Å². The van der Waals surface area contributed by atoms with Gasteiger partial charge in [0.05, 0.1) is 13.7 Å². The van der Waals surface area contributed by atoms with Crippen LogP contribution in [0.1, 0.15) is 21.7 Å². The molecular weight excluding hydrogens is 375 g/mol. The van der Waals surface area contributed by atoms with Crippen molar-refractivity contribution in [1.29, 1.82) is 0 Å². The molecule has 150 valence electrons. The molecule has 1 aliphatic rings. The summed E-state index contributed by atoms with van der Waals surface area (Å²) in [4.78, 5) is 26.9. The van der Waals surface area contributed by atoms with Gasteiger partial charge in [0.2, 0.25) is 5.82 Å². The Bertz CT molecular complexity index is 1090. The Kier molecular flexibility index (Phi) is 5.16. The van der Waals surface area contributed by atoms with Gasteiger partial charge in [0.1, 0.15) is 11.6 Å². The molecule has 1 aromatic heterocycles. The van der Waals surface area contributed by atoms with Crippen LogP contribution in [-0.2, 0) is 26.1 Å². The zero-order valence-corrected chi connectivity index (χ0v) is 16.0. The average molecular weight is 396 g/mol. The highest BCUT2D eigenvalue weighted by Crippen LogP contribution is 2.16. The fourth-order valence-electron chi connectivity index (χ4n) is 3.42. The summed E-state index contributed by atoms with van der Waals surface area (Å²) in [5, 5.41) is 4.25. The highest BCUT2D eigenvalue weighted by atomic mass is 19.1. The number of aryl methyl sites for hydroxylation is 2. The average Bonchev–Trinajstić information content (AvgIpc) is 3.07. The van der Waals surface area contributed by atoms with Gasteiger partial charge in [-0.3, -0.25) is 9.36 Å². The highest BCUT2D eigenvalue weighted by molar-refractivity contribution is 5.91. The van der Waals surface area contributed by atoms with Gasteiger partial charge in [0, 0.05) is 25.2 Å². The number of carbonyl (C=O) groups excluding carboxylic acids is 1. The van der Waals surface area contributed by atoms with E-state index in [-0.39, 0.29) is 29.8 Å². The number of halogens is 1. The SMILES string of the molecule is COc1ccc(CCn2nc3n(c2=O)CCN(Cc2ccccc2F)C3=O)cc1. The third-order valence-electron chi connectivity index (χ3n) is 5.09. The monoisotopic (exact) mass is 396 g/mol. The lowest BCUT2D eigenvalue weighted by Gasteiger charge is -2.26. The molecule has 0 unspecified atom stereocenters. The lowest BCUT2D eigenvalue weighted by molar-refractivity contribution is 0.0679. The van der Waals surface area contributed by atoms with E-state index in [2.05, 4.69) is 5.10 Å². The molecule has 2 aromatic carbocycles. The summed E-state index contributed by atoms with van der Waals surface area (Å²) >= 11 is 0. The molecule has 1 amide bonds. The smallest absolute Gasteiger partial charge is 0.346 e. The number of methoxy groups -OCH3 is 1. The van der Waals surface area contributed by atoms with Crippen molar-refractivity contribution in [3.05, 3.63) is 81.8 Å². The molecule has 0 saturated carbocycles. The molecule has 1 aliphatic heterocycles. The van der Waals surface area contributed by atoms with E-state index < -0.39 is 0 Å². The molecule has 0 atom stereocenters. The van der Waals surface area contributed by atoms with Gasteiger partial charge in [-0.15, -0.1) is 5.10 Å². The summed E-state index contributed by atoms with van der Waals surface area (Å²) in [6, 6.07) is 13.9. The third kappa shape index (κ3) is 3.78. The fraction of sp³-hybridized carbons (Fsp3) is 0.286. The molecule has 0 spiro atoms. The predicted octanol–water partition coefficient (Wildman–Crippen LogP) is 2.09. The summed E-state index contributed by atoms with van der Waals surface area (Å²) in [7, 11) is 1.61. The summed E-state index contributed by atoms with van der Waals surface area (Å²) in [6.07, 6.45) is 0.605. The van der Waals surface area contributed by atoms with Crippen molar-refractivity contribution < 1.29 is 13.9 Å². The quantitative estimate of drug-likeness (QED) is 0.640. The van der Waals surface area contributed by atoms with E-state index in [1.54, 1.807) is 25.3 Å². The Morgan fingerprint density at radius 2 is 1.83 bits per heavy atom. The molecular formula is C21H21FN4O3. The largest absolute Gasteiger partial charge is 0.497 e. The van der Waals surface area contributed by atoms with Gasteiger partial charge in [-0.25, -0.2) is 13.9 Å². The van der Waals surface area contributed by atoms with Crippen LogP contribution >= 0.6 is 0 Å². The van der Waals surface area contributed by atoms with Crippen LogP contribution in [0.4, 0.5) is 4.39 Å². The van der Waals surface area contributed by atoms with Crippen LogP contribution in [0.2, 0.25) is 0 Å².